The minimum atomic E-state index is -0.637. The molecule has 4 rings (SSSR count). The molecule has 0 aliphatic heterocycles. The van der Waals surface area contributed by atoms with Gasteiger partial charge in [-0.3, -0.25) is 9.59 Å². The summed E-state index contributed by atoms with van der Waals surface area (Å²) in [6, 6.07) is 17.3. The predicted molar refractivity (Wildman–Crippen MR) is 123 cm³/mol. The molecule has 4 aromatic rings. The average molecular weight is 420 g/mol. The molecule has 0 aliphatic carbocycles. The van der Waals surface area contributed by atoms with Crippen LogP contribution in [0.25, 0.3) is 20.2 Å². The van der Waals surface area contributed by atoms with Crippen molar-refractivity contribution in [3.63, 3.8) is 0 Å². The number of thiophene rings is 1. The fraction of sp³-hybridized carbons (Fsp3) is 0.292. The molecule has 0 spiro atoms. The minimum Gasteiger partial charge on any atom is -0.354 e. The number of fused-ring (bicyclic) bond motifs is 3. The van der Waals surface area contributed by atoms with Gasteiger partial charge in [-0.25, -0.2) is 4.68 Å². The van der Waals surface area contributed by atoms with Gasteiger partial charge in [0.15, 0.2) is 0 Å². The summed E-state index contributed by atoms with van der Waals surface area (Å²) in [5.41, 5.74) is 1.74. The maximum atomic E-state index is 13.3. The van der Waals surface area contributed by atoms with Crippen molar-refractivity contribution < 1.29 is 4.79 Å². The molecule has 6 heteroatoms. The lowest BCUT2D eigenvalue weighted by molar-refractivity contribution is -0.124. The van der Waals surface area contributed by atoms with E-state index < -0.39 is 6.04 Å². The maximum absolute atomic E-state index is 13.3. The number of rotatable bonds is 6. The van der Waals surface area contributed by atoms with Gasteiger partial charge in [0.2, 0.25) is 5.91 Å². The Morgan fingerprint density at radius 1 is 1.13 bits per heavy atom. The van der Waals surface area contributed by atoms with E-state index in [0.717, 1.165) is 20.5 Å². The summed E-state index contributed by atoms with van der Waals surface area (Å²) in [6.45, 7) is 6.39. The molecule has 0 fully saturated rings. The van der Waals surface area contributed by atoms with Crippen LogP contribution in [0.1, 0.15) is 43.5 Å². The lowest BCUT2D eigenvalue weighted by Gasteiger charge is -2.19. The first-order valence-corrected chi connectivity index (χ1v) is 11.1. The largest absolute Gasteiger partial charge is 0.354 e. The summed E-state index contributed by atoms with van der Waals surface area (Å²) < 4.78 is 3.33. The maximum Gasteiger partial charge on any atom is 0.276 e. The third kappa shape index (κ3) is 3.63. The summed E-state index contributed by atoms with van der Waals surface area (Å²) >= 11 is 1.57. The van der Waals surface area contributed by atoms with Crippen LogP contribution >= 0.6 is 11.3 Å². The number of aromatic nitrogens is 2. The molecule has 2 atom stereocenters. The van der Waals surface area contributed by atoms with E-state index in [4.69, 9.17) is 0 Å². The summed E-state index contributed by atoms with van der Waals surface area (Å²) in [4.78, 5) is 26.4. The molecule has 0 bridgehead atoms. The summed E-state index contributed by atoms with van der Waals surface area (Å²) in [5.74, 6) is 0.00976. The topological polar surface area (TPSA) is 64.0 Å². The normalized spacial score (nSPS) is 13.4. The number of amides is 1. The Morgan fingerprint density at radius 3 is 2.57 bits per heavy atom. The second kappa shape index (κ2) is 8.40. The molecular formula is C24H25N3O2S. The van der Waals surface area contributed by atoms with Gasteiger partial charge >= 0.3 is 0 Å². The zero-order chi connectivity index (χ0) is 21.3. The first kappa shape index (κ1) is 20.3. The number of aryl methyl sites for hydroxylation is 1. The average Bonchev–Trinajstić information content (AvgIpc) is 3.17. The van der Waals surface area contributed by atoms with Gasteiger partial charge in [0.05, 0.1) is 15.8 Å². The van der Waals surface area contributed by atoms with Crippen LogP contribution in [0.2, 0.25) is 0 Å². The number of nitrogens with one attached hydrogen (secondary N) is 1. The van der Waals surface area contributed by atoms with Crippen LogP contribution in [0.3, 0.4) is 0 Å². The van der Waals surface area contributed by atoms with Crippen LogP contribution in [-0.4, -0.2) is 22.2 Å². The van der Waals surface area contributed by atoms with Crippen molar-refractivity contribution in [2.75, 3.05) is 6.54 Å². The standard InChI is InChI=1S/C24H25N3O2S/c1-4-19(23(28)25-14-15(2)17-10-6-5-7-11-17)27-24(29)21-18-12-8-9-13-20(18)30-22(21)16(3)26-27/h5-13,15,19H,4,14H2,1-3H3,(H,25,28)/t15-,19+/m1/s1. The molecule has 30 heavy (non-hydrogen) atoms. The predicted octanol–water partition coefficient (Wildman–Crippen LogP) is 4.79. The summed E-state index contributed by atoms with van der Waals surface area (Å²) in [7, 11) is 0. The molecular weight excluding hydrogens is 394 g/mol. The van der Waals surface area contributed by atoms with E-state index in [0.29, 0.717) is 18.4 Å². The Hall–Kier alpha value is -2.99. The highest BCUT2D eigenvalue weighted by Crippen LogP contribution is 2.33. The Balaban J connectivity index is 1.65. The van der Waals surface area contributed by atoms with Crippen molar-refractivity contribution in [2.24, 2.45) is 0 Å². The fourth-order valence-corrected chi connectivity index (χ4v) is 4.97. The van der Waals surface area contributed by atoms with Crippen LogP contribution in [0.5, 0.6) is 0 Å². The second-order valence-electron chi connectivity index (χ2n) is 7.62. The van der Waals surface area contributed by atoms with Gasteiger partial charge in [0, 0.05) is 16.6 Å². The van der Waals surface area contributed by atoms with E-state index in [-0.39, 0.29) is 17.4 Å². The van der Waals surface area contributed by atoms with Crippen molar-refractivity contribution in [1.29, 1.82) is 0 Å². The quantitative estimate of drug-likeness (QED) is 0.489. The molecule has 5 nitrogen and oxygen atoms in total. The molecule has 0 radical (unpaired) electrons. The second-order valence-corrected chi connectivity index (χ2v) is 8.67. The molecule has 2 aromatic heterocycles. The highest BCUT2D eigenvalue weighted by Gasteiger charge is 2.24. The Kier molecular flexibility index (Phi) is 5.68. The Labute approximate surface area is 179 Å². The monoisotopic (exact) mass is 419 g/mol. The Morgan fingerprint density at radius 2 is 1.83 bits per heavy atom. The lowest BCUT2D eigenvalue weighted by Crippen LogP contribution is -2.39. The summed E-state index contributed by atoms with van der Waals surface area (Å²) in [6.07, 6.45) is 0.492. The number of hydrogen-bond donors (Lipinski definition) is 1. The van der Waals surface area contributed by atoms with Gasteiger partial charge in [0.1, 0.15) is 6.04 Å². The van der Waals surface area contributed by atoms with E-state index in [1.165, 1.54) is 10.2 Å². The summed E-state index contributed by atoms with van der Waals surface area (Å²) in [5, 5.41) is 9.13. The van der Waals surface area contributed by atoms with Crippen molar-refractivity contribution in [2.45, 2.75) is 39.2 Å². The van der Waals surface area contributed by atoms with Crippen molar-refractivity contribution in [3.05, 3.63) is 76.2 Å². The molecule has 1 amide bonds. The fourth-order valence-electron chi connectivity index (χ4n) is 3.83. The molecule has 0 unspecified atom stereocenters. The molecule has 0 aliphatic rings. The van der Waals surface area contributed by atoms with Crippen LogP contribution in [-0.2, 0) is 4.79 Å². The highest BCUT2D eigenvalue weighted by molar-refractivity contribution is 7.26. The first-order valence-electron chi connectivity index (χ1n) is 10.2. The van der Waals surface area contributed by atoms with E-state index in [1.54, 1.807) is 11.3 Å². The number of hydrogen-bond acceptors (Lipinski definition) is 4. The lowest BCUT2D eigenvalue weighted by atomic mass is 10.0. The van der Waals surface area contributed by atoms with E-state index in [1.807, 2.05) is 56.3 Å². The molecule has 154 valence electrons. The minimum absolute atomic E-state index is 0.173. The van der Waals surface area contributed by atoms with Gasteiger partial charge in [0.25, 0.3) is 5.56 Å². The first-order chi connectivity index (χ1) is 14.5. The van der Waals surface area contributed by atoms with E-state index in [9.17, 15) is 9.59 Å². The highest BCUT2D eigenvalue weighted by atomic mass is 32.1. The van der Waals surface area contributed by atoms with Gasteiger partial charge < -0.3 is 5.32 Å². The zero-order valence-electron chi connectivity index (χ0n) is 17.4. The SMILES string of the molecule is CC[C@@H](C(=O)NC[C@@H](C)c1ccccc1)n1nc(C)c2sc3ccccc3c2c1=O. The molecule has 2 aromatic carbocycles. The number of carbonyl (C=O) groups is 1. The number of nitrogens with zero attached hydrogens (tertiary/aromatic N) is 2. The Bertz CT molecular complexity index is 1260. The van der Waals surface area contributed by atoms with E-state index in [2.05, 4.69) is 29.5 Å². The molecule has 2 heterocycles. The van der Waals surface area contributed by atoms with Crippen LogP contribution in [0, 0.1) is 6.92 Å². The number of carbonyl (C=O) groups excluding carboxylic acids is 1. The van der Waals surface area contributed by atoms with Gasteiger partial charge in [-0.1, -0.05) is 62.4 Å². The van der Waals surface area contributed by atoms with Crippen molar-refractivity contribution >= 4 is 37.4 Å². The third-order valence-corrected chi connectivity index (χ3v) is 6.82. The van der Waals surface area contributed by atoms with Crippen LogP contribution in [0.4, 0.5) is 0 Å². The van der Waals surface area contributed by atoms with Gasteiger partial charge in [-0.15, -0.1) is 11.3 Å². The van der Waals surface area contributed by atoms with Crippen molar-refractivity contribution in [3.8, 4) is 0 Å². The van der Waals surface area contributed by atoms with Gasteiger partial charge in [-0.05, 0) is 30.9 Å². The molecule has 0 saturated carbocycles. The smallest absolute Gasteiger partial charge is 0.276 e. The van der Waals surface area contributed by atoms with E-state index >= 15 is 0 Å². The zero-order valence-corrected chi connectivity index (χ0v) is 18.2. The molecule has 0 saturated heterocycles. The van der Waals surface area contributed by atoms with Gasteiger partial charge in [-0.2, -0.15) is 5.10 Å². The third-order valence-electron chi connectivity index (χ3n) is 5.54. The van der Waals surface area contributed by atoms with Crippen LogP contribution in [0.15, 0.2) is 59.4 Å². The number of benzene rings is 2. The molecule has 1 N–H and O–H groups in total. The van der Waals surface area contributed by atoms with Crippen LogP contribution < -0.4 is 10.9 Å². The van der Waals surface area contributed by atoms with Crippen molar-refractivity contribution in [1.82, 2.24) is 15.1 Å².